The van der Waals surface area contributed by atoms with Crippen LogP contribution in [0.4, 0.5) is 0 Å². The molecule has 6 rings (SSSR count). The van der Waals surface area contributed by atoms with E-state index in [1.54, 1.807) is 0 Å². The minimum atomic E-state index is -1.07. The van der Waals surface area contributed by atoms with Gasteiger partial charge in [-0.05, 0) is 27.8 Å². The molecule has 1 aliphatic rings. The Kier molecular flexibility index (Phi) is 12.0. The highest BCUT2D eigenvalue weighted by Crippen LogP contribution is 2.35. The van der Waals surface area contributed by atoms with E-state index >= 15 is 0 Å². The van der Waals surface area contributed by atoms with Crippen molar-refractivity contribution in [1.82, 2.24) is 0 Å². The van der Waals surface area contributed by atoms with Crippen molar-refractivity contribution in [2.45, 2.75) is 69.7 Å². The number of ether oxygens (including phenoxy) is 5. The molecular formula is C41H42O6. The molecule has 1 N–H and O–H groups in total. The van der Waals surface area contributed by atoms with Gasteiger partial charge >= 0.3 is 0 Å². The molecule has 6 heteroatoms. The third kappa shape index (κ3) is 9.24. The van der Waals surface area contributed by atoms with Gasteiger partial charge in [0.15, 0.2) is 0 Å². The van der Waals surface area contributed by atoms with Crippen LogP contribution >= 0.6 is 0 Å². The Balaban J connectivity index is 1.35. The molecule has 0 bridgehead atoms. The second kappa shape index (κ2) is 17.1. The Morgan fingerprint density at radius 1 is 0.298 bits per heavy atom. The molecule has 0 unspecified atom stereocenters. The molecule has 0 aromatic heterocycles. The third-order valence-corrected chi connectivity index (χ3v) is 8.39. The van der Waals surface area contributed by atoms with Gasteiger partial charge in [-0.3, -0.25) is 0 Å². The van der Waals surface area contributed by atoms with Crippen molar-refractivity contribution in [2.24, 2.45) is 0 Å². The van der Waals surface area contributed by atoms with Gasteiger partial charge in [-0.2, -0.15) is 0 Å². The van der Waals surface area contributed by atoms with E-state index in [2.05, 4.69) is 0 Å². The summed E-state index contributed by atoms with van der Waals surface area (Å²) in [6, 6.07) is 49.9. The zero-order chi connectivity index (χ0) is 32.1. The molecule has 5 aromatic rings. The number of rotatable bonds is 15. The van der Waals surface area contributed by atoms with Crippen molar-refractivity contribution in [2.75, 3.05) is 0 Å². The van der Waals surface area contributed by atoms with Gasteiger partial charge in [-0.1, -0.05) is 152 Å². The second-order valence-corrected chi connectivity index (χ2v) is 11.8. The molecule has 6 atom stereocenters. The summed E-state index contributed by atoms with van der Waals surface area (Å²) in [6.45, 7) is 1.54. The highest BCUT2D eigenvalue weighted by atomic mass is 16.6. The van der Waals surface area contributed by atoms with Crippen LogP contribution in [0.15, 0.2) is 152 Å². The van der Waals surface area contributed by atoms with Crippen LogP contribution in [0.1, 0.15) is 27.8 Å². The quantitative estimate of drug-likeness (QED) is 0.131. The lowest BCUT2D eigenvalue weighted by molar-refractivity contribution is -0.283. The third-order valence-electron chi connectivity index (χ3n) is 8.39. The average molecular weight is 631 g/mol. The molecule has 0 heterocycles. The normalized spacial score (nSPS) is 22.6. The van der Waals surface area contributed by atoms with Gasteiger partial charge in [0.2, 0.25) is 0 Å². The van der Waals surface area contributed by atoms with E-state index in [-0.39, 0.29) is 0 Å². The SMILES string of the molecule is O[C@H]1[C@@H](OCc2ccccc2)[C@H](OCc2ccccc2)[C@@H](OCc2ccccc2)[C@H](OCc2ccccc2)[C@H]1OCc1ccccc1. The van der Waals surface area contributed by atoms with E-state index in [1.807, 2.05) is 152 Å². The van der Waals surface area contributed by atoms with Crippen LogP contribution in [0.5, 0.6) is 0 Å². The second-order valence-electron chi connectivity index (χ2n) is 11.8. The molecule has 0 radical (unpaired) electrons. The Morgan fingerprint density at radius 3 is 0.723 bits per heavy atom. The monoisotopic (exact) mass is 630 g/mol. The lowest BCUT2D eigenvalue weighted by atomic mass is 9.83. The van der Waals surface area contributed by atoms with Crippen molar-refractivity contribution in [1.29, 1.82) is 0 Å². The summed E-state index contributed by atoms with van der Waals surface area (Å²) in [4.78, 5) is 0. The van der Waals surface area contributed by atoms with Gasteiger partial charge in [0, 0.05) is 0 Å². The van der Waals surface area contributed by atoms with Crippen LogP contribution in [-0.4, -0.2) is 41.7 Å². The van der Waals surface area contributed by atoms with Crippen LogP contribution in [0, 0.1) is 0 Å². The zero-order valence-corrected chi connectivity index (χ0v) is 26.4. The predicted molar refractivity (Wildman–Crippen MR) is 181 cm³/mol. The van der Waals surface area contributed by atoms with Crippen molar-refractivity contribution in [3.8, 4) is 0 Å². The van der Waals surface area contributed by atoms with Gasteiger partial charge < -0.3 is 28.8 Å². The molecule has 6 nitrogen and oxygen atoms in total. The largest absolute Gasteiger partial charge is 0.387 e. The predicted octanol–water partition coefficient (Wildman–Crippen LogP) is 7.29. The molecule has 0 aliphatic heterocycles. The van der Waals surface area contributed by atoms with Gasteiger partial charge in [0.1, 0.15) is 36.6 Å². The molecule has 1 saturated carbocycles. The molecule has 242 valence electrons. The topological polar surface area (TPSA) is 66.4 Å². The Morgan fingerprint density at radius 2 is 0.489 bits per heavy atom. The molecule has 1 fully saturated rings. The number of hydrogen-bond acceptors (Lipinski definition) is 6. The van der Waals surface area contributed by atoms with Gasteiger partial charge in [0.25, 0.3) is 0 Å². The summed E-state index contributed by atoms with van der Waals surface area (Å²) in [5.41, 5.74) is 5.02. The first-order chi connectivity index (χ1) is 23.2. The minimum Gasteiger partial charge on any atom is -0.387 e. The number of aliphatic hydroxyl groups is 1. The first-order valence-electron chi connectivity index (χ1n) is 16.2. The van der Waals surface area contributed by atoms with Crippen molar-refractivity contribution in [3.63, 3.8) is 0 Å². The summed E-state index contributed by atoms with van der Waals surface area (Å²) in [6.07, 6.45) is -4.58. The number of benzene rings is 5. The van der Waals surface area contributed by atoms with Gasteiger partial charge in [0.05, 0.1) is 33.0 Å². The van der Waals surface area contributed by atoms with E-state index in [4.69, 9.17) is 23.7 Å². The fourth-order valence-electron chi connectivity index (χ4n) is 5.93. The van der Waals surface area contributed by atoms with Crippen LogP contribution in [0.3, 0.4) is 0 Å². The molecule has 47 heavy (non-hydrogen) atoms. The summed E-state index contributed by atoms with van der Waals surface area (Å²) in [5.74, 6) is 0. The van der Waals surface area contributed by atoms with Crippen LogP contribution < -0.4 is 0 Å². The average Bonchev–Trinajstić information content (AvgIpc) is 3.14. The van der Waals surface area contributed by atoms with Gasteiger partial charge in [-0.25, -0.2) is 0 Å². The van der Waals surface area contributed by atoms with Crippen LogP contribution in [-0.2, 0) is 56.7 Å². The highest BCUT2D eigenvalue weighted by Gasteiger charge is 2.54. The first-order valence-corrected chi connectivity index (χ1v) is 16.2. The van der Waals surface area contributed by atoms with Crippen LogP contribution in [0.25, 0.3) is 0 Å². The molecule has 5 aromatic carbocycles. The van der Waals surface area contributed by atoms with Crippen molar-refractivity contribution in [3.05, 3.63) is 179 Å². The zero-order valence-electron chi connectivity index (χ0n) is 26.4. The maximum absolute atomic E-state index is 12.2. The molecule has 1 aliphatic carbocycles. The Labute approximate surface area is 277 Å². The number of aliphatic hydroxyl groups excluding tert-OH is 1. The Hall–Kier alpha value is -4.14. The summed E-state index contributed by atoms with van der Waals surface area (Å²) in [7, 11) is 0. The molecule has 0 spiro atoms. The minimum absolute atomic E-state index is 0.292. The Bertz CT molecular complexity index is 1470. The van der Waals surface area contributed by atoms with Crippen molar-refractivity contribution >= 4 is 0 Å². The smallest absolute Gasteiger partial charge is 0.116 e. The van der Waals surface area contributed by atoms with E-state index < -0.39 is 36.6 Å². The van der Waals surface area contributed by atoms with Crippen LogP contribution in [0.2, 0.25) is 0 Å². The van der Waals surface area contributed by atoms with Crippen molar-refractivity contribution < 1.29 is 28.8 Å². The van der Waals surface area contributed by atoms with E-state index in [9.17, 15) is 5.11 Å². The molecular weight excluding hydrogens is 588 g/mol. The fraction of sp³-hybridized carbons (Fsp3) is 0.268. The highest BCUT2D eigenvalue weighted by molar-refractivity contribution is 5.18. The standard InChI is InChI=1S/C41H42O6/c42-36-37(43-26-31-16-6-1-7-17-31)39(45-28-33-20-10-3-11-21-33)41(47-30-35-24-14-5-15-25-35)40(46-29-34-22-12-4-13-23-34)38(36)44-27-32-18-8-2-9-19-32/h1-25,36-42H,26-30H2/t36-,37+,38-,39-,40+,41+. The lowest BCUT2D eigenvalue weighted by Crippen LogP contribution is -2.66. The maximum Gasteiger partial charge on any atom is 0.116 e. The summed E-state index contributed by atoms with van der Waals surface area (Å²) in [5, 5.41) is 12.2. The van der Waals surface area contributed by atoms with Gasteiger partial charge in [-0.15, -0.1) is 0 Å². The van der Waals surface area contributed by atoms with E-state index in [0.29, 0.717) is 33.0 Å². The van der Waals surface area contributed by atoms with E-state index in [0.717, 1.165) is 27.8 Å². The number of hydrogen-bond donors (Lipinski definition) is 1. The summed E-state index contributed by atoms with van der Waals surface area (Å²) >= 11 is 0. The first kappa shape index (κ1) is 32.8. The molecule has 0 saturated heterocycles. The molecule has 0 amide bonds. The van der Waals surface area contributed by atoms with E-state index in [1.165, 1.54) is 0 Å². The fourth-order valence-corrected chi connectivity index (χ4v) is 5.93. The maximum atomic E-state index is 12.2. The summed E-state index contributed by atoms with van der Waals surface area (Å²) < 4.78 is 33.3. The lowest BCUT2D eigenvalue weighted by Gasteiger charge is -2.48.